The van der Waals surface area contributed by atoms with Crippen molar-refractivity contribution in [3.05, 3.63) is 65.5 Å². The lowest BCUT2D eigenvalue weighted by molar-refractivity contribution is -0.113. The molecule has 2 amide bonds. The number of hydrogen-bond acceptors (Lipinski definition) is 6. The van der Waals surface area contributed by atoms with E-state index < -0.39 is 0 Å². The maximum absolute atomic E-state index is 12.8. The molecular weight excluding hydrogens is 450 g/mol. The van der Waals surface area contributed by atoms with Gasteiger partial charge in [0.15, 0.2) is 11.0 Å². The summed E-state index contributed by atoms with van der Waals surface area (Å²) in [7, 11) is 3.43. The van der Waals surface area contributed by atoms with Crippen LogP contribution in [-0.4, -0.2) is 39.4 Å². The van der Waals surface area contributed by atoms with Gasteiger partial charge >= 0.3 is 0 Å². The van der Waals surface area contributed by atoms with Gasteiger partial charge in [-0.05, 0) is 54.3 Å². The molecule has 0 bridgehead atoms. The van der Waals surface area contributed by atoms with Crippen LogP contribution in [0.3, 0.4) is 0 Å². The number of aryl methyl sites for hydroxylation is 1. The van der Waals surface area contributed by atoms with Crippen molar-refractivity contribution in [2.75, 3.05) is 18.2 Å². The first-order chi connectivity index (χ1) is 16.3. The van der Waals surface area contributed by atoms with E-state index in [9.17, 15) is 9.59 Å². The summed E-state index contributed by atoms with van der Waals surface area (Å²) in [6, 6.07) is 14.4. The van der Waals surface area contributed by atoms with E-state index in [0.717, 1.165) is 12.1 Å². The zero-order valence-corrected chi connectivity index (χ0v) is 21.0. The average Bonchev–Trinajstić information content (AvgIpc) is 3.21. The quantitative estimate of drug-likeness (QED) is 0.420. The van der Waals surface area contributed by atoms with Crippen molar-refractivity contribution in [3.63, 3.8) is 0 Å². The summed E-state index contributed by atoms with van der Waals surface area (Å²) in [5.74, 6) is 1.28. The van der Waals surface area contributed by atoms with Gasteiger partial charge in [0, 0.05) is 18.3 Å². The Kier molecular flexibility index (Phi) is 8.70. The SMILES string of the molecule is CCc1ccc(NC(=O)CSc2nnc(C(NC(=O)c3ccc(OC)cc3)C(C)C)n2C)cc1. The van der Waals surface area contributed by atoms with E-state index in [2.05, 4.69) is 27.8 Å². The smallest absolute Gasteiger partial charge is 0.251 e. The van der Waals surface area contributed by atoms with E-state index >= 15 is 0 Å². The number of nitrogens with zero attached hydrogens (tertiary/aromatic N) is 3. The summed E-state index contributed by atoms with van der Waals surface area (Å²) in [6.07, 6.45) is 0.955. The summed E-state index contributed by atoms with van der Waals surface area (Å²) >= 11 is 1.30. The molecule has 0 radical (unpaired) electrons. The number of methoxy groups -OCH3 is 1. The number of ether oxygens (including phenoxy) is 1. The van der Waals surface area contributed by atoms with Gasteiger partial charge in [-0.1, -0.05) is 44.7 Å². The summed E-state index contributed by atoms with van der Waals surface area (Å²) in [5.41, 5.74) is 2.52. The zero-order valence-electron chi connectivity index (χ0n) is 20.2. The number of nitrogens with one attached hydrogen (secondary N) is 2. The van der Waals surface area contributed by atoms with Crippen molar-refractivity contribution in [2.24, 2.45) is 13.0 Å². The first-order valence-electron chi connectivity index (χ1n) is 11.2. The van der Waals surface area contributed by atoms with E-state index in [1.54, 1.807) is 31.4 Å². The number of carbonyl (C=O) groups excluding carboxylic acids is 2. The van der Waals surface area contributed by atoms with E-state index in [0.29, 0.717) is 22.3 Å². The molecule has 8 nitrogen and oxygen atoms in total. The second-order valence-corrected chi connectivity index (χ2v) is 9.15. The summed E-state index contributed by atoms with van der Waals surface area (Å²) in [6.45, 7) is 6.11. The van der Waals surface area contributed by atoms with Crippen molar-refractivity contribution >= 4 is 29.3 Å². The number of thioether (sulfide) groups is 1. The molecule has 1 heterocycles. The van der Waals surface area contributed by atoms with Crippen LogP contribution in [0.25, 0.3) is 0 Å². The molecule has 3 aromatic rings. The molecule has 3 rings (SSSR count). The molecule has 2 aromatic carbocycles. The molecule has 180 valence electrons. The van der Waals surface area contributed by atoms with Gasteiger partial charge in [-0.25, -0.2) is 0 Å². The predicted molar refractivity (Wildman–Crippen MR) is 134 cm³/mol. The zero-order chi connectivity index (χ0) is 24.7. The number of aromatic nitrogens is 3. The van der Waals surface area contributed by atoms with Gasteiger partial charge in [-0.3, -0.25) is 9.59 Å². The second-order valence-electron chi connectivity index (χ2n) is 8.21. The van der Waals surface area contributed by atoms with Crippen LogP contribution >= 0.6 is 11.8 Å². The van der Waals surface area contributed by atoms with Crippen LogP contribution in [-0.2, 0) is 18.3 Å². The van der Waals surface area contributed by atoms with Gasteiger partial charge in [-0.2, -0.15) is 0 Å². The summed E-state index contributed by atoms with van der Waals surface area (Å²) in [5, 5.41) is 15.1. The Bertz CT molecular complexity index is 1110. The van der Waals surface area contributed by atoms with Crippen molar-refractivity contribution in [2.45, 2.75) is 38.4 Å². The number of anilines is 1. The molecule has 1 atom stereocenters. The maximum Gasteiger partial charge on any atom is 0.251 e. The predicted octanol–water partition coefficient (Wildman–Crippen LogP) is 4.24. The van der Waals surface area contributed by atoms with Gasteiger partial charge in [0.25, 0.3) is 5.91 Å². The third kappa shape index (κ3) is 6.38. The van der Waals surface area contributed by atoms with E-state index in [1.807, 2.05) is 49.7 Å². The Labute approximate surface area is 204 Å². The third-order valence-corrected chi connectivity index (χ3v) is 6.45. The van der Waals surface area contributed by atoms with Crippen molar-refractivity contribution in [3.8, 4) is 5.75 Å². The molecule has 0 fully saturated rings. The van der Waals surface area contributed by atoms with E-state index in [-0.39, 0.29) is 29.5 Å². The first kappa shape index (κ1) is 25.3. The highest BCUT2D eigenvalue weighted by atomic mass is 32.2. The van der Waals surface area contributed by atoms with Gasteiger partial charge in [0.1, 0.15) is 5.75 Å². The van der Waals surface area contributed by atoms with Crippen LogP contribution in [0.15, 0.2) is 53.7 Å². The van der Waals surface area contributed by atoms with Crippen LogP contribution in [0.1, 0.15) is 48.6 Å². The Balaban J connectivity index is 1.63. The van der Waals surface area contributed by atoms with Crippen LogP contribution in [0.2, 0.25) is 0 Å². The fourth-order valence-corrected chi connectivity index (χ4v) is 4.09. The molecule has 0 aliphatic rings. The Morgan fingerprint density at radius 3 is 2.32 bits per heavy atom. The highest BCUT2D eigenvalue weighted by molar-refractivity contribution is 7.99. The molecule has 34 heavy (non-hydrogen) atoms. The van der Waals surface area contributed by atoms with Crippen molar-refractivity contribution in [1.82, 2.24) is 20.1 Å². The minimum atomic E-state index is -0.340. The summed E-state index contributed by atoms with van der Waals surface area (Å²) in [4.78, 5) is 25.2. The fourth-order valence-electron chi connectivity index (χ4n) is 3.37. The van der Waals surface area contributed by atoms with E-state index in [4.69, 9.17) is 4.74 Å². The van der Waals surface area contributed by atoms with Gasteiger partial charge in [0.05, 0.1) is 18.9 Å². The minimum Gasteiger partial charge on any atom is -0.497 e. The number of hydrogen-bond donors (Lipinski definition) is 2. The normalized spacial score (nSPS) is 11.8. The summed E-state index contributed by atoms with van der Waals surface area (Å²) < 4.78 is 6.98. The molecule has 0 saturated heterocycles. The lowest BCUT2D eigenvalue weighted by Crippen LogP contribution is -2.33. The molecule has 0 saturated carbocycles. The highest BCUT2D eigenvalue weighted by Gasteiger charge is 2.25. The number of benzene rings is 2. The van der Waals surface area contributed by atoms with Crippen LogP contribution in [0.5, 0.6) is 5.75 Å². The first-order valence-corrected chi connectivity index (χ1v) is 12.2. The maximum atomic E-state index is 12.8. The Morgan fingerprint density at radius 1 is 1.06 bits per heavy atom. The molecule has 2 N–H and O–H groups in total. The molecule has 0 aliphatic heterocycles. The number of rotatable bonds is 10. The van der Waals surface area contributed by atoms with Crippen molar-refractivity contribution < 1.29 is 14.3 Å². The van der Waals surface area contributed by atoms with Crippen LogP contribution in [0, 0.1) is 5.92 Å². The molecule has 1 aromatic heterocycles. The van der Waals surface area contributed by atoms with Crippen molar-refractivity contribution in [1.29, 1.82) is 0 Å². The molecule has 1 unspecified atom stereocenters. The fraction of sp³-hybridized carbons (Fsp3) is 0.360. The number of carbonyl (C=O) groups is 2. The van der Waals surface area contributed by atoms with Crippen LogP contribution in [0.4, 0.5) is 5.69 Å². The van der Waals surface area contributed by atoms with Gasteiger partial charge in [0.2, 0.25) is 5.91 Å². The third-order valence-electron chi connectivity index (χ3n) is 5.43. The Hall–Kier alpha value is -3.33. The molecule has 0 spiro atoms. The average molecular weight is 482 g/mol. The van der Waals surface area contributed by atoms with Gasteiger partial charge < -0.3 is 19.9 Å². The number of amides is 2. The molecule has 0 aliphatic carbocycles. The second kappa shape index (κ2) is 11.7. The lowest BCUT2D eigenvalue weighted by Gasteiger charge is -2.21. The highest BCUT2D eigenvalue weighted by Crippen LogP contribution is 2.25. The standard InChI is InChI=1S/C25H31N5O3S/c1-6-17-7-11-19(12-8-17)26-21(31)15-34-25-29-28-23(30(25)4)22(16(2)3)27-24(32)18-9-13-20(33-5)14-10-18/h7-14,16,22H,6,15H2,1-5H3,(H,26,31)(H,27,32). The van der Waals surface area contributed by atoms with Crippen LogP contribution < -0.4 is 15.4 Å². The molecular formula is C25H31N5O3S. The topological polar surface area (TPSA) is 98.1 Å². The van der Waals surface area contributed by atoms with Gasteiger partial charge in [-0.15, -0.1) is 10.2 Å². The largest absolute Gasteiger partial charge is 0.497 e. The Morgan fingerprint density at radius 2 is 1.74 bits per heavy atom. The lowest BCUT2D eigenvalue weighted by atomic mass is 10.0. The monoisotopic (exact) mass is 481 g/mol. The van der Waals surface area contributed by atoms with E-state index in [1.165, 1.54) is 17.3 Å². The molecule has 9 heteroatoms. The minimum absolute atomic E-state index is 0.0809.